The lowest BCUT2D eigenvalue weighted by Gasteiger charge is -2.25. The minimum atomic E-state index is -0.801. The van der Waals surface area contributed by atoms with Gasteiger partial charge in [0.1, 0.15) is 12.4 Å². The maximum Gasteiger partial charge on any atom is 0.270 e. The van der Waals surface area contributed by atoms with Crippen LogP contribution in [0.1, 0.15) is 6.92 Å². The molecule has 1 atom stereocenters. The Bertz CT molecular complexity index is 939. The zero-order valence-electron chi connectivity index (χ0n) is 14.5. The summed E-state index contributed by atoms with van der Waals surface area (Å²) in [7, 11) is 0. The highest BCUT2D eigenvalue weighted by atomic mass is 16.6. The van der Waals surface area contributed by atoms with Crippen molar-refractivity contribution in [1.29, 1.82) is 0 Å². The number of benzene rings is 2. The van der Waals surface area contributed by atoms with Crippen molar-refractivity contribution in [2.75, 3.05) is 18.5 Å². The zero-order valence-corrected chi connectivity index (χ0v) is 14.5. The van der Waals surface area contributed by atoms with E-state index >= 15 is 0 Å². The zero-order chi connectivity index (χ0) is 18.6. The highest BCUT2D eigenvalue weighted by Crippen LogP contribution is 2.31. The summed E-state index contributed by atoms with van der Waals surface area (Å²) >= 11 is 0. The molecule has 3 aromatic rings. The summed E-state index contributed by atoms with van der Waals surface area (Å²) in [5, 5.41) is 10.4. The summed E-state index contributed by atoms with van der Waals surface area (Å²) in [6.07, 6.45) is -0.801. The summed E-state index contributed by atoms with van der Waals surface area (Å²) < 4.78 is 21.5. The van der Waals surface area contributed by atoms with Crippen LogP contribution in [0.25, 0.3) is 11.3 Å². The molecule has 27 heavy (non-hydrogen) atoms. The number of nitrogens with zero attached hydrogens (tertiary/aromatic N) is 2. The number of rotatable bonds is 5. The van der Waals surface area contributed by atoms with Crippen LogP contribution in [0.2, 0.25) is 0 Å². The second kappa shape index (κ2) is 7.36. The lowest BCUT2D eigenvalue weighted by Crippen LogP contribution is -2.40. The molecule has 0 spiro atoms. The van der Waals surface area contributed by atoms with E-state index in [-0.39, 0.29) is 12.4 Å². The first-order chi connectivity index (χ1) is 13.2. The van der Waals surface area contributed by atoms with Crippen LogP contribution in [-0.2, 0) is 4.79 Å². The largest absolute Gasteiger partial charge is 0.494 e. The van der Waals surface area contributed by atoms with Gasteiger partial charge in [-0.05, 0) is 53.6 Å². The number of hydrogen-bond acceptors (Lipinski definition) is 7. The van der Waals surface area contributed by atoms with Gasteiger partial charge in [-0.2, -0.15) is 0 Å². The average Bonchev–Trinajstić information content (AvgIpc) is 3.16. The average molecular weight is 367 g/mol. The molecule has 138 valence electrons. The van der Waals surface area contributed by atoms with Gasteiger partial charge in [-0.3, -0.25) is 4.79 Å². The van der Waals surface area contributed by atoms with Gasteiger partial charge in [-0.1, -0.05) is 12.1 Å². The summed E-state index contributed by atoms with van der Waals surface area (Å²) in [5.41, 5.74) is 1.16. The minimum Gasteiger partial charge on any atom is -0.494 e. The molecule has 0 aliphatic carbocycles. The molecule has 1 aromatic heterocycles. The summed E-state index contributed by atoms with van der Waals surface area (Å²) in [4.78, 5) is 12.6. The van der Waals surface area contributed by atoms with Crippen molar-refractivity contribution in [2.24, 2.45) is 0 Å². The first kappa shape index (κ1) is 16.9. The van der Waals surface area contributed by atoms with Crippen LogP contribution in [0.15, 0.2) is 53.2 Å². The Kier molecular flexibility index (Phi) is 4.61. The second-order valence-electron chi connectivity index (χ2n) is 5.77. The predicted molar refractivity (Wildman–Crippen MR) is 95.9 cm³/mol. The predicted octanol–water partition coefficient (Wildman–Crippen LogP) is 2.91. The standard InChI is InChI=1S/C19H17N3O5/c1-2-24-13-9-7-12(8-10-13)17-18(22-27-21-17)20-19(23)16-11-25-14-5-3-4-6-15(14)26-16/h3-10,16H,2,11H2,1H3,(H,20,22,23)/t16-/m0/s1. The molecule has 0 saturated heterocycles. The molecule has 2 heterocycles. The Morgan fingerprint density at radius 1 is 1.15 bits per heavy atom. The fourth-order valence-electron chi connectivity index (χ4n) is 2.68. The van der Waals surface area contributed by atoms with E-state index in [9.17, 15) is 4.79 Å². The Hall–Kier alpha value is -3.55. The lowest BCUT2D eigenvalue weighted by molar-refractivity contribution is -0.125. The molecule has 1 aliphatic heterocycles. The Labute approximate surface area is 155 Å². The third kappa shape index (κ3) is 3.55. The van der Waals surface area contributed by atoms with Crippen LogP contribution in [-0.4, -0.2) is 35.5 Å². The first-order valence-corrected chi connectivity index (χ1v) is 8.49. The molecule has 8 heteroatoms. The van der Waals surface area contributed by atoms with E-state index in [0.29, 0.717) is 23.8 Å². The van der Waals surface area contributed by atoms with Crippen LogP contribution >= 0.6 is 0 Å². The number of hydrogen-bond donors (Lipinski definition) is 1. The van der Waals surface area contributed by atoms with E-state index in [1.807, 2.05) is 43.3 Å². The number of nitrogens with one attached hydrogen (secondary N) is 1. The van der Waals surface area contributed by atoms with Crippen LogP contribution in [0.4, 0.5) is 5.82 Å². The van der Waals surface area contributed by atoms with Crippen LogP contribution < -0.4 is 19.5 Å². The molecule has 1 amide bonds. The quantitative estimate of drug-likeness (QED) is 0.741. The molecule has 0 unspecified atom stereocenters. The van der Waals surface area contributed by atoms with Gasteiger partial charge in [0.2, 0.25) is 11.9 Å². The van der Waals surface area contributed by atoms with Gasteiger partial charge >= 0.3 is 0 Å². The Morgan fingerprint density at radius 3 is 2.70 bits per heavy atom. The van der Waals surface area contributed by atoms with Crippen molar-refractivity contribution in [2.45, 2.75) is 13.0 Å². The number of para-hydroxylation sites is 2. The van der Waals surface area contributed by atoms with Gasteiger partial charge < -0.3 is 19.5 Å². The monoisotopic (exact) mass is 367 g/mol. The summed E-state index contributed by atoms with van der Waals surface area (Å²) in [6, 6.07) is 14.4. The highest BCUT2D eigenvalue weighted by Gasteiger charge is 2.29. The Morgan fingerprint density at radius 2 is 1.93 bits per heavy atom. The maximum atomic E-state index is 12.6. The molecule has 1 N–H and O–H groups in total. The van der Waals surface area contributed by atoms with Gasteiger partial charge in [-0.15, -0.1) is 0 Å². The van der Waals surface area contributed by atoms with Crippen LogP contribution in [0.5, 0.6) is 17.2 Å². The molecular formula is C19H17N3O5. The third-order valence-corrected chi connectivity index (χ3v) is 3.97. The summed E-state index contributed by atoms with van der Waals surface area (Å²) in [5.74, 6) is 1.70. The minimum absolute atomic E-state index is 0.104. The highest BCUT2D eigenvalue weighted by molar-refractivity contribution is 5.96. The maximum absolute atomic E-state index is 12.6. The second-order valence-corrected chi connectivity index (χ2v) is 5.77. The summed E-state index contributed by atoms with van der Waals surface area (Å²) in [6.45, 7) is 2.60. The number of carbonyl (C=O) groups is 1. The van der Waals surface area contributed by atoms with E-state index in [1.54, 1.807) is 12.1 Å². The molecule has 1 aliphatic rings. The molecule has 0 saturated carbocycles. The van der Waals surface area contributed by atoms with Crippen LogP contribution in [0.3, 0.4) is 0 Å². The normalized spacial score (nSPS) is 15.2. The number of ether oxygens (including phenoxy) is 3. The van der Waals surface area contributed by atoms with Crippen molar-refractivity contribution in [3.63, 3.8) is 0 Å². The fourth-order valence-corrected chi connectivity index (χ4v) is 2.68. The van der Waals surface area contributed by atoms with Gasteiger partial charge in [-0.25, -0.2) is 4.63 Å². The van der Waals surface area contributed by atoms with E-state index < -0.39 is 12.0 Å². The Balaban J connectivity index is 1.48. The van der Waals surface area contributed by atoms with Gasteiger partial charge in [0.25, 0.3) is 5.91 Å². The lowest BCUT2D eigenvalue weighted by atomic mass is 10.1. The first-order valence-electron chi connectivity index (χ1n) is 8.49. The van der Waals surface area contributed by atoms with E-state index in [0.717, 1.165) is 11.3 Å². The molecule has 0 fully saturated rings. The van der Waals surface area contributed by atoms with Crippen molar-refractivity contribution < 1.29 is 23.6 Å². The topological polar surface area (TPSA) is 95.7 Å². The third-order valence-electron chi connectivity index (χ3n) is 3.97. The smallest absolute Gasteiger partial charge is 0.270 e. The number of aromatic nitrogens is 2. The van der Waals surface area contributed by atoms with Gasteiger partial charge in [0, 0.05) is 5.56 Å². The van der Waals surface area contributed by atoms with E-state index in [2.05, 4.69) is 15.6 Å². The van der Waals surface area contributed by atoms with Crippen molar-refractivity contribution >= 4 is 11.7 Å². The van der Waals surface area contributed by atoms with Crippen LogP contribution in [0, 0.1) is 0 Å². The molecular weight excluding hydrogens is 350 g/mol. The molecule has 4 rings (SSSR count). The van der Waals surface area contributed by atoms with Crippen molar-refractivity contribution in [3.05, 3.63) is 48.5 Å². The number of fused-ring (bicyclic) bond motifs is 1. The molecule has 8 nitrogen and oxygen atoms in total. The number of anilines is 1. The van der Waals surface area contributed by atoms with Gasteiger partial charge in [0.05, 0.1) is 6.61 Å². The van der Waals surface area contributed by atoms with Crippen molar-refractivity contribution in [3.8, 4) is 28.5 Å². The van der Waals surface area contributed by atoms with Crippen molar-refractivity contribution in [1.82, 2.24) is 10.3 Å². The SMILES string of the molecule is CCOc1ccc(-c2nonc2NC(=O)[C@@H]2COc3ccccc3O2)cc1. The van der Waals surface area contributed by atoms with E-state index in [1.165, 1.54) is 0 Å². The number of carbonyl (C=O) groups excluding carboxylic acids is 1. The van der Waals surface area contributed by atoms with Gasteiger partial charge in [0.15, 0.2) is 17.2 Å². The van der Waals surface area contributed by atoms with E-state index in [4.69, 9.17) is 18.8 Å². The number of amides is 1. The molecule has 0 radical (unpaired) electrons. The molecule has 2 aromatic carbocycles. The fraction of sp³-hybridized carbons (Fsp3) is 0.211. The molecule has 0 bridgehead atoms.